The van der Waals surface area contributed by atoms with Crippen LogP contribution in [0, 0.1) is 0 Å². The van der Waals surface area contributed by atoms with Gasteiger partial charge >= 0.3 is 0 Å². The van der Waals surface area contributed by atoms with E-state index in [4.69, 9.17) is 4.98 Å². The summed E-state index contributed by atoms with van der Waals surface area (Å²) in [5.41, 5.74) is 0.522. The highest BCUT2D eigenvalue weighted by Gasteiger charge is 2.33. The van der Waals surface area contributed by atoms with Crippen LogP contribution in [0.25, 0.3) is 10.9 Å². The molecule has 0 bridgehead atoms. The van der Waals surface area contributed by atoms with E-state index >= 15 is 0 Å². The summed E-state index contributed by atoms with van der Waals surface area (Å²) in [6, 6.07) is 7.22. The fourth-order valence-corrected chi connectivity index (χ4v) is 5.84. The Morgan fingerprint density at radius 1 is 1.11 bits per heavy atom. The number of aliphatic hydroxyl groups is 1. The number of sulfonamides is 1. The van der Waals surface area contributed by atoms with Gasteiger partial charge < -0.3 is 5.11 Å². The fourth-order valence-electron chi connectivity index (χ4n) is 4.32. The molecule has 2 aliphatic heterocycles. The molecular weight excluding hydrogens is 380 g/mol. The lowest BCUT2D eigenvalue weighted by molar-refractivity contribution is 0.218. The Morgan fingerprint density at radius 2 is 1.93 bits per heavy atom. The average Bonchev–Trinajstić information content (AvgIpc) is 3.28. The largest absolute Gasteiger partial charge is 0.395 e. The van der Waals surface area contributed by atoms with Crippen LogP contribution in [0.3, 0.4) is 0 Å². The van der Waals surface area contributed by atoms with Crippen molar-refractivity contribution in [3.63, 3.8) is 0 Å². The molecule has 1 unspecified atom stereocenters. The van der Waals surface area contributed by atoms with Crippen molar-refractivity contribution >= 4 is 20.9 Å². The summed E-state index contributed by atoms with van der Waals surface area (Å²) in [5.74, 6) is 0.901. The van der Waals surface area contributed by atoms with Crippen LogP contribution in [-0.4, -0.2) is 70.8 Å². The minimum absolute atomic E-state index is 0.0471. The van der Waals surface area contributed by atoms with Crippen molar-refractivity contribution in [1.29, 1.82) is 0 Å². The topological polar surface area (TPSA) is 95.7 Å². The summed E-state index contributed by atoms with van der Waals surface area (Å²) in [6.07, 6.45) is 2.52. The lowest BCUT2D eigenvalue weighted by atomic mass is 10.1. The van der Waals surface area contributed by atoms with E-state index < -0.39 is 10.0 Å². The number of likely N-dealkylation sites (tertiary alicyclic amines) is 1. The van der Waals surface area contributed by atoms with Crippen molar-refractivity contribution < 1.29 is 13.5 Å². The lowest BCUT2D eigenvalue weighted by Gasteiger charge is -2.27. The molecule has 2 saturated heterocycles. The second kappa shape index (κ2) is 7.90. The smallest absolute Gasteiger partial charge is 0.261 e. The zero-order valence-electron chi connectivity index (χ0n) is 15.8. The first kappa shape index (κ1) is 19.5. The van der Waals surface area contributed by atoms with Gasteiger partial charge in [-0.15, -0.1) is 0 Å². The molecular formula is C19H26N4O4S. The minimum Gasteiger partial charge on any atom is -0.395 e. The van der Waals surface area contributed by atoms with E-state index in [2.05, 4.69) is 4.90 Å². The highest BCUT2D eigenvalue weighted by atomic mass is 32.2. The van der Waals surface area contributed by atoms with Gasteiger partial charge in [0, 0.05) is 19.6 Å². The van der Waals surface area contributed by atoms with Gasteiger partial charge in [-0.2, -0.15) is 0 Å². The number of para-hydroxylation sites is 1. The third kappa shape index (κ3) is 3.59. The van der Waals surface area contributed by atoms with Crippen molar-refractivity contribution in [2.75, 3.05) is 38.5 Å². The maximum Gasteiger partial charge on any atom is 0.261 e. The Balaban J connectivity index is 1.64. The van der Waals surface area contributed by atoms with Crippen LogP contribution in [0.1, 0.15) is 31.1 Å². The van der Waals surface area contributed by atoms with Gasteiger partial charge in [0.25, 0.3) is 5.56 Å². The number of fused-ring (bicyclic) bond motifs is 1. The van der Waals surface area contributed by atoms with Gasteiger partial charge in [-0.05, 0) is 37.9 Å². The van der Waals surface area contributed by atoms with Gasteiger partial charge in [0.05, 0.1) is 35.8 Å². The first-order valence-corrected chi connectivity index (χ1v) is 11.4. The number of hydrogen-bond donors (Lipinski definition) is 1. The zero-order valence-corrected chi connectivity index (χ0v) is 16.6. The summed E-state index contributed by atoms with van der Waals surface area (Å²) < 4.78 is 27.3. The molecule has 0 spiro atoms. The molecule has 152 valence electrons. The summed E-state index contributed by atoms with van der Waals surface area (Å²) in [5, 5.41) is 10.0. The maximum absolute atomic E-state index is 13.0. The van der Waals surface area contributed by atoms with Crippen molar-refractivity contribution in [3.8, 4) is 0 Å². The van der Waals surface area contributed by atoms with Crippen LogP contribution in [0.2, 0.25) is 0 Å². The second-order valence-corrected chi connectivity index (χ2v) is 9.52. The number of benzene rings is 1. The van der Waals surface area contributed by atoms with E-state index in [1.807, 2.05) is 18.2 Å². The normalized spacial score (nSPS) is 23.0. The number of aliphatic hydroxyl groups excluding tert-OH is 1. The Labute approximate surface area is 164 Å². The summed E-state index contributed by atoms with van der Waals surface area (Å²) in [4.78, 5) is 20.0. The Kier molecular flexibility index (Phi) is 5.50. The fraction of sp³-hybridized carbons (Fsp3) is 0.579. The lowest BCUT2D eigenvalue weighted by Crippen LogP contribution is -2.38. The molecule has 2 aromatic rings. The SMILES string of the molecule is O=c1c2ccccc2nc(C2CCCN2CCN2CCCS2(=O)=O)n1CCO. The zero-order chi connectivity index (χ0) is 19.7. The molecule has 1 aromatic heterocycles. The van der Waals surface area contributed by atoms with Gasteiger partial charge in [0.15, 0.2) is 0 Å². The molecule has 3 heterocycles. The van der Waals surface area contributed by atoms with Crippen LogP contribution >= 0.6 is 0 Å². The van der Waals surface area contributed by atoms with Gasteiger partial charge in [0.1, 0.15) is 5.82 Å². The Morgan fingerprint density at radius 3 is 2.68 bits per heavy atom. The Hall–Kier alpha value is -1.81. The van der Waals surface area contributed by atoms with Crippen LogP contribution in [-0.2, 0) is 16.6 Å². The summed E-state index contributed by atoms with van der Waals surface area (Å²) >= 11 is 0. The molecule has 8 nitrogen and oxygen atoms in total. The third-order valence-electron chi connectivity index (χ3n) is 5.72. The van der Waals surface area contributed by atoms with E-state index in [1.165, 1.54) is 0 Å². The highest BCUT2D eigenvalue weighted by molar-refractivity contribution is 7.89. The van der Waals surface area contributed by atoms with E-state index in [0.717, 1.165) is 19.4 Å². The highest BCUT2D eigenvalue weighted by Crippen LogP contribution is 2.31. The monoisotopic (exact) mass is 406 g/mol. The number of hydrogen-bond acceptors (Lipinski definition) is 6. The minimum atomic E-state index is -3.11. The molecule has 1 N–H and O–H groups in total. The van der Waals surface area contributed by atoms with Crippen LogP contribution < -0.4 is 5.56 Å². The van der Waals surface area contributed by atoms with Crippen molar-refractivity contribution in [1.82, 2.24) is 18.8 Å². The molecule has 4 rings (SSSR count). The number of rotatable bonds is 6. The van der Waals surface area contributed by atoms with E-state index in [0.29, 0.717) is 42.8 Å². The molecule has 1 atom stereocenters. The molecule has 0 radical (unpaired) electrons. The van der Waals surface area contributed by atoms with Gasteiger partial charge in [-0.3, -0.25) is 14.3 Å². The molecule has 0 aliphatic carbocycles. The van der Waals surface area contributed by atoms with Crippen molar-refractivity contribution in [2.24, 2.45) is 0 Å². The summed E-state index contributed by atoms with van der Waals surface area (Å²) in [6.45, 7) is 2.59. The number of aromatic nitrogens is 2. The third-order valence-corrected chi connectivity index (χ3v) is 7.67. The first-order chi connectivity index (χ1) is 13.5. The van der Waals surface area contributed by atoms with Gasteiger partial charge in [-0.25, -0.2) is 17.7 Å². The van der Waals surface area contributed by atoms with E-state index in [9.17, 15) is 18.3 Å². The first-order valence-electron chi connectivity index (χ1n) is 9.83. The standard InChI is InChI=1S/C19H26N4O4S/c24-13-12-23-18(20-16-6-2-1-5-15(16)19(23)25)17-7-3-8-21(17)10-11-22-9-4-14-28(22,26)27/h1-2,5-6,17,24H,3-4,7-14H2. The van der Waals surface area contributed by atoms with Crippen LogP contribution in [0.15, 0.2) is 29.1 Å². The predicted molar refractivity (Wildman–Crippen MR) is 107 cm³/mol. The number of nitrogens with zero attached hydrogens (tertiary/aromatic N) is 4. The molecule has 28 heavy (non-hydrogen) atoms. The molecule has 0 amide bonds. The molecule has 1 aromatic carbocycles. The Bertz CT molecular complexity index is 1020. The van der Waals surface area contributed by atoms with Gasteiger partial charge in [-0.1, -0.05) is 12.1 Å². The van der Waals surface area contributed by atoms with Gasteiger partial charge in [0.2, 0.25) is 10.0 Å². The average molecular weight is 407 g/mol. The quantitative estimate of drug-likeness (QED) is 0.753. The molecule has 9 heteroatoms. The molecule has 2 aliphatic rings. The molecule has 2 fully saturated rings. The predicted octanol–water partition coefficient (Wildman–Crippen LogP) is 0.561. The van der Waals surface area contributed by atoms with E-state index in [1.54, 1.807) is 14.9 Å². The summed E-state index contributed by atoms with van der Waals surface area (Å²) in [7, 11) is -3.11. The van der Waals surface area contributed by atoms with Crippen LogP contribution in [0.4, 0.5) is 0 Å². The van der Waals surface area contributed by atoms with Crippen LogP contribution in [0.5, 0.6) is 0 Å². The second-order valence-electron chi connectivity index (χ2n) is 7.43. The van der Waals surface area contributed by atoms with Crippen molar-refractivity contribution in [3.05, 3.63) is 40.4 Å². The van der Waals surface area contributed by atoms with E-state index in [-0.39, 0.29) is 30.5 Å². The van der Waals surface area contributed by atoms with Crippen molar-refractivity contribution in [2.45, 2.75) is 31.8 Å². The maximum atomic E-state index is 13.0. The molecule has 0 saturated carbocycles.